The first-order valence-electron chi connectivity index (χ1n) is 11.2. The zero-order valence-electron chi connectivity index (χ0n) is 19.6. The summed E-state index contributed by atoms with van der Waals surface area (Å²) < 4.78 is 10.6. The van der Waals surface area contributed by atoms with Crippen molar-refractivity contribution in [2.45, 2.75) is 32.2 Å². The van der Waals surface area contributed by atoms with E-state index in [1.54, 1.807) is 26.4 Å². The molecule has 0 bridgehead atoms. The van der Waals surface area contributed by atoms with Crippen molar-refractivity contribution >= 4 is 17.7 Å². The molecule has 1 amide bonds. The number of amides is 1. The Bertz CT molecular complexity index is 982. The minimum Gasteiger partial charge on any atom is -0.497 e. The zero-order chi connectivity index (χ0) is 23.5. The predicted molar refractivity (Wildman–Crippen MR) is 135 cm³/mol. The lowest BCUT2D eigenvalue weighted by Crippen LogP contribution is -2.30. The van der Waals surface area contributed by atoms with Crippen molar-refractivity contribution in [3.8, 4) is 11.5 Å². The summed E-state index contributed by atoms with van der Waals surface area (Å²) in [6.45, 7) is 2.86. The van der Waals surface area contributed by atoms with Gasteiger partial charge in [0.25, 0.3) is 0 Å². The van der Waals surface area contributed by atoms with E-state index in [1.165, 1.54) is 5.57 Å². The lowest BCUT2D eigenvalue weighted by atomic mass is 9.97. The number of carbonyl (C=O) groups is 1. The van der Waals surface area contributed by atoms with Crippen molar-refractivity contribution in [3.63, 3.8) is 0 Å². The van der Waals surface area contributed by atoms with Crippen LogP contribution in [0.5, 0.6) is 11.5 Å². The van der Waals surface area contributed by atoms with Crippen LogP contribution < -0.4 is 14.8 Å². The van der Waals surface area contributed by atoms with Crippen LogP contribution in [0.4, 0.5) is 0 Å². The van der Waals surface area contributed by atoms with Gasteiger partial charge in [-0.15, -0.1) is 0 Å². The van der Waals surface area contributed by atoms with Gasteiger partial charge in [0, 0.05) is 18.3 Å². The molecule has 5 heteroatoms. The third-order valence-electron chi connectivity index (χ3n) is 5.55. The number of methoxy groups -OCH3 is 2. The molecule has 0 aromatic heterocycles. The Morgan fingerprint density at radius 3 is 2.15 bits per heavy atom. The van der Waals surface area contributed by atoms with Crippen LogP contribution in [-0.2, 0) is 4.79 Å². The zero-order valence-corrected chi connectivity index (χ0v) is 19.6. The van der Waals surface area contributed by atoms with Crippen molar-refractivity contribution in [1.29, 1.82) is 0 Å². The smallest absolute Gasteiger partial charge is 0.244 e. The van der Waals surface area contributed by atoms with Gasteiger partial charge >= 0.3 is 0 Å². The fourth-order valence-corrected chi connectivity index (χ4v) is 3.67. The van der Waals surface area contributed by atoms with E-state index in [4.69, 9.17) is 9.47 Å². The van der Waals surface area contributed by atoms with Crippen molar-refractivity contribution < 1.29 is 14.3 Å². The maximum Gasteiger partial charge on any atom is 0.244 e. The van der Waals surface area contributed by atoms with Gasteiger partial charge in [0.15, 0.2) is 0 Å². The highest BCUT2D eigenvalue weighted by Crippen LogP contribution is 2.27. The second kappa shape index (κ2) is 12.4. The molecule has 0 spiro atoms. The molecule has 5 nitrogen and oxygen atoms in total. The van der Waals surface area contributed by atoms with Crippen LogP contribution in [0.3, 0.4) is 0 Å². The number of hydrogen-bond acceptors (Lipinski definition) is 4. The number of nitrogens with one attached hydrogen (secondary N) is 1. The van der Waals surface area contributed by atoms with Crippen LogP contribution in [-0.4, -0.2) is 38.9 Å². The van der Waals surface area contributed by atoms with Gasteiger partial charge in [-0.05, 0) is 78.8 Å². The summed E-state index contributed by atoms with van der Waals surface area (Å²) in [5.74, 6) is 1.51. The fraction of sp³-hybridized carbons (Fsp3) is 0.286. The molecule has 0 saturated heterocycles. The number of ether oxygens (including phenoxy) is 2. The average molecular weight is 445 g/mol. The number of nitrogens with zero attached hydrogens (tertiary/aromatic N) is 1. The molecule has 172 valence electrons. The molecule has 0 fully saturated rings. The molecule has 33 heavy (non-hydrogen) atoms. The number of carbonyl (C=O) groups excluding carboxylic acids is 1. The highest BCUT2D eigenvalue weighted by Gasteiger charge is 2.08. The Morgan fingerprint density at radius 2 is 1.64 bits per heavy atom. The molecule has 1 aliphatic heterocycles. The first-order valence-corrected chi connectivity index (χ1v) is 11.2. The summed E-state index contributed by atoms with van der Waals surface area (Å²) in [7, 11) is 3.30. The van der Waals surface area contributed by atoms with Gasteiger partial charge in [0.05, 0.1) is 20.8 Å². The van der Waals surface area contributed by atoms with E-state index in [2.05, 4.69) is 16.4 Å². The second-order valence-corrected chi connectivity index (χ2v) is 8.01. The maximum atomic E-state index is 12.4. The molecule has 1 atom stereocenters. The number of aliphatic imine (C=N–C) groups is 1. The van der Waals surface area contributed by atoms with E-state index in [1.807, 2.05) is 67.7 Å². The maximum absolute atomic E-state index is 12.4. The lowest BCUT2D eigenvalue weighted by molar-refractivity contribution is -0.117. The van der Waals surface area contributed by atoms with Gasteiger partial charge in [-0.2, -0.15) is 0 Å². The SMILES string of the molecule is COc1ccc(C(=C/C=C/C(=O)NC(C)CCCC2=CC=NC2)c2ccc(OC)cc2)cc1. The van der Waals surface area contributed by atoms with Gasteiger partial charge in [-0.1, -0.05) is 36.4 Å². The van der Waals surface area contributed by atoms with E-state index >= 15 is 0 Å². The molecular weight excluding hydrogens is 412 g/mol. The van der Waals surface area contributed by atoms with Crippen molar-refractivity contribution in [1.82, 2.24) is 5.32 Å². The van der Waals surface area contributed by atoms with E-state index in [9.17, 15) is 4.79 Å². The van der Waals surface area contributed by atoms with E-state index < -0.39 is 0 Å². The quantitative estimate of drug-likeness (QED) is 0.374. The van der Waals surface area contributed by atoms with Crippen LogP contribution in [0.15, 0.2) is 83.4 Å². The summed E-state index contributed by atoms with van der Waals surface area (Å²) in [5, 5.41) is 3.05. The predicted octanol–water partition coefficient (Wildman–Crippen LogP) is 5.38. The molecule has 0 radical (unpaired) electrons. The van der Waals surface area contributed by atoms with E-state index in [0.717, 1.165) is 54.0 Å². The van der Waals surface area contributed by atoms with Gasteiger partial charge in [-0.3, -0.25) is 9.79 Å². The standard InChI is InChI=1S/C28H32N2O3/c1-21(6-4-7-22-18-19-29-20-22)30-28(31)9-5-8-27(23-10-14-25(32-2)15-11-23)24-12-16-26(33-3)17-13-24/h5,8-19,21H,4,6-7,20H2,1-3H3,(H,30,31)/b9-5+. The largest absolute Gasteiger partial charge is 0.497 e. The Morgan fingerprint density at radius 1 is 1.03 bits per heavy atom. The molecule has 1 heterocycles. The second-order valence-electron chi connectivity index (χ2n) is 8.01. The fourth-order valence-electron chi connectivity index (χ4n) is 3.67. The molecule has 3 rings (SSSR count). The number of hydrogen-bond donors (Lipinski definition) is 1. The highest BCUT2D eigenvalue weighted by atomic mass is 16.5. The first kappa shape index (κ1) is 24.1. The molecule has 1 unspecified atom stereocenters. The van der Waals surface area contributed by atoms with Crippen molar-refractivity contribution in [2.24, 2.45) is 4.99 Å². The first-order chi connectivity index (χ1) is 16.1. The lowest BCUT2D eigenvalue weighted by Gasteiger charge is -2.12. The average Bonchev–Trinajstić information content (AvgIpc) is 3.36. The summed E-state index contributed by atoms with van der Waals surface area (Å²) in [5.41, 5.74) is 4.43. The topological polar surface area (TPSA) is 59.9 Å². The van der Waals surface area contributed by atoms with Crippen LogP contribution in [0, 0.1) is 0 Å². The summed E-state index contributed by atoms with van der Waals surface area (Å²) >= 11 is 0. The molecule has 0 aliphatic carbocycles. The Balaban J connectivity index is 1.64. The monoisotopic (exact) mass is 444 g/mol. The molecule has 2 aromatic carbocycles. The van der Waals surface area contributed by atoms with Gasteiger partial charge in [-0.25, -0.2) is 0 Å². The van der Waals surface area contributed by atoms with E-state index in [-0.39, 0.29) is 11.9 Å². The van der Waals surface area contributed by atoms with Crippen LogP contribution >= 0.6 is 0 Å². The number of benzene rings is 2. The third-order valence-corrected chi connectivity index (χ3v) is 5.55. The highest BCUT2D eigenvalue weighted by molar-refractivity contribution is 5.89. The van der Waals surface area contributed by atoms with Crippen molar-refractivity contribution in [3.05, 3.63) is 89.5 Å². The molecule has 2 aromatic rings. The molecule has 0 saturated carbocycles. The Kier molecular flexibility index (Phi) is 9.07. The number of rotatable bonds is 11. The minimum absolute atomic E-state index is 0.0917. The minimum atomic E-state index is -0.0917. The summed E-state index contributed by atoms with van der Waals surface area (Å²) in [6.07, 6.45) is 12.3. The molecule has 1 N–H and O–H groups in total. The van der Waals surface area contributed by atoms with Gasteiger partial charge < -0.3 is 14.8 Å². The van der Waals surface area contributed by atoms with Gasteiger partial charge in [0.1, 0.15) is 11.5 Å². The Hall–Kier alpha value is -3.60. The van der Waals surface area contributed by atoms with Crippen molar-refractivity contribution in [2.75, 3.05) is 20.8 Å². The van der Waals surface area contributed by atoms with Gasteiger partial charge in [0.2, 0.25) is 5.91 Å². The Labute approximate surface area is 196 Å². The summed E-state index contributed by atoms with van der Waals surface area (Å²) in [6, 6.07) is 15.9. The molecular formula is C28H32N2O3. The third kappa shape index (κ3) is 7.49. The molecule has 1 aliphatic rings. The van der Waals surface area contributed by atoms with Crippen LogP contribution in [0.2, 0.25) is 0 Å². The van der Waals surface area contributed by atoms with Crippen LogP contribution in [0.1, 0.15) is 37.3 Å². The normalized spacial score (nSPS) is 13.5. The number of allylic oxidation sites excluding steroid dienone is 3. The van der Waals surface area contributed by atoms with Crippen LogP contribution in [0.25, 0.3) is 5.57 Å². The summed E-state index contributed by atoms with van der Waals surface area (Å²) in [4.78, 5) is 16.6. The van der Waals surface area contributed by atoms with E-state index in [0.29, 0.717) is 0 Å².